The van der Waals surface area contributed by atoms with E-state index >= 15 is 0 Å². The summed E-state index contributed by atoms with van der Waals surface area (Å²) in [6, 6.07) is 0. The fourth-order valence-electron chi connectivity index (χ4n) is 1.51. The number of ether oxygens (including phenoxy) is 1. The maximum Gasteiger partial charge on any atom is 0.407 e. The Balaban J connectivity index is 1.90. The molecule has 1 amide bonds. The molecular formula is C7H11NO2S. The average Bonchev–Trinajstić information content (AvgIpc) is 2.55. The third-order valence-electron chi connectivity index (χ3n) is 2.20. The second kappa shape index (κ2) is 2.93. The van der Waals surface area contributed by atoms with Crippen LogP contribution in [0, 0.1) is 5.92 Å². The van der Waals surface area contributed by atoms with Crippen LogP contribution in [0.1, 0.15) is 6.42 Å². The molecule has 3 nitrogen and oxygen atoms in total. The van der Waals surface area contributed by atoms with Crippen LogP contribution >= 0.6 is 11.8 Å². The summed E-state index contributed by atoms with van der Waals surface area (Å²) in [7, 11) is 0. The van der Waals surface area contributed by atoms with E-state index in [-0.39, 0.29) is 12.2 Å². The van der Waals surface area contributed by atoms with E-state index in [0.29, 0.717) is 12.5 Å². The average molecular weight is 173 g/mol. The Morgan fingerprint density at radius 1 is 1.64 bits per heavy atom. The Morgan fingerprint density at radius 2 is 2.55 bits per heavy atom. The summed E-state index contributed by atoms with van der Waals surface area (Å²) in [6.07, 6.45) is 1.11. The van der Waals surface area contributed by atoms with Crippen LogP contribution in [0.3, 0.4) is 0 Å². The summed E-state index contributed by atoms with van der Waals surface area (Å²) in [5, 5.41) is 2.68. The molecule has 11 heavy (non-hydrogen) atoms. The van der Waals surface area contributed by atoms with Gasteiger partial charge in [-0.3, -0.25) is 0 Å². The third kappa shape index (κ3) is 1.45. The number of thioether (sulfide) groups is 1. The molecule has 0 aliphatic carbocycles. The number of carbonyl (C=O) groups is 1. The summed E-state index contributed by atoms with van der Waals surface area (Å²) in [6.45, 7) is 0.712. The molecule has 2 unspecified atom stereocenters. The highest BCUT2D eigenvalue weighted by atomic mass is 32.2. The number of alkyl carbamates (subject to hydrolysis) is 1. The molecule has 2 fully saturated rings. The highest BCUT2D eigenvalue weighted by Crippen LogP contribution is 2.28. The monoisotopic (exact) mass is 173 g/mol. The van der Waals surface area contributed by atoms with Gasteiger partial charge in [0.15, 0.2) is 0 Å². The molecule has 2 aliphatic heterocycles. The number of hydrogen-bond donors (Lipinski definition) is 1. The van der Waals surface area contributed by atoms with E-state index in [4.69, 9.17) is 4.74 Å². The number of cyclic esters (lactones) is 1. The van der Waals surface area contributed by atoms with Gasteiger partial charge in [0.2, 0.25) is 0 Å². The van der Waals surface area contributed by atoms with E-state index in [1.807, 2.05) is 11.8 Å². The molecule has 1 N–H and O–H groups in total. The zero-order valence-electron chi connectivity index (χ0n) is 6.21. The van der Waals surface area contributed by atoms with Gasteiger partial charge in [-0.25, -0.2) is 4.79 Å². The minimum atomic E-state index is -0.244. The van der Waals surface area contributed by atoms with Crippen LogP contribution in [0.15, 0.2) is 0 Å². The van der Waals surface area contributed by atoms with Crippen molar-refractivity contribution in [2.24, 2.45) is 5.92 Å². The topological polar surface area (TPSA) is 38.3 Å². The maximum atomic E-state index is 10.7. The second-order valence-electron chi connectivity index (χ2n) is 2.95. The molecule has 0 bridgehead atoms. The Labute approximate surface area is 69.9 Å². The summed E-state index contributed by atoms with van der Waals surface area (Å²) in [5.74, 6) is 2.97. The molecule has 0 aromatic carbocycles. The third-order valence-corrected chi connectivity index (χ3v) is 3.38. The number of rotatable bonds is 1. The second-order valence-corrected chi connectivity index (χ2v) is 4.10. The quantitative estimate of drug-likeness (QED) is 0.638. The predicted molar refractivity (Wildman–Crippen MR) is 43.7 cm³/mol. The smallest absolute Gasteiger partial charge is 0.407 e. The first-order valence-electron chi connectivity index (χ1n) is 3.88. The first-order valence-corrected chi connectivity index (χ1v) is 5.04. The molecule has 0 aromatic heterocycles. The van der Waals surface area contributed by atoms with Gasteiger partial charge >= 0.3 is 6.09 Å². The number of hydrogen-bond acceptors (Lipinski definition) is 3. The van der Waals surface area contributed by atoms with Crippen molar-refractivity contribution in [3.05, 3.63) is 0 Å². The molecule has 2 rings (SSSR count). The van der Waals surface area contributed by atoms with Gasteiger partial charge in [-0.1, -0.05) is 0 Å². The van der Waals surface area contributed by atoms with Crippen molar-refractivity contribution in [1.29, 1.82) is 0 Å². The SMILES string of the molecule is O=C1NCC(C2CCSC2)O1. The molecule has 62 valence electrons. The first kappa shape index (κ1) is 7.28. The summed E-state index contributed by atoms with van der Waals surface area (Å²) in [5.41, 5.74) is 0. The van der Waals surface area contributed by atoms with E-state index < -0.39 is 0 Å². The van der Waals surface area contributed by atoms with Crippen molar-refractivity contribution in [3.8, 4) is 0 Å². The van der Waals surface area contributed by atoms with Gasteiger partial charge in [0, 0.05) is 5.92 Å². The number of nitrogens with one attached hydrogen (secondary N) is 1. The minimum absolute atomic E-state index is 0.150. The highest BCUT2D eigenvalue weighted by Gasteiger charge is 2.32. The van der Waals surface area contributed by atoms with Gasteiger partial charge in [-0.2, -0.15) is 11.8 Å². The standard InChI is InChI=1S/C7H11NO2S/c9-7-8-3-6(10-7)5-1-2-11-4-5/h5-6H,1-4H2,(H,8,9). The summed E-state index contributed by atoms with van der Waals surface area (Å²) in [4.78, 5) is 10.7. The van der Waals surface area contributed by atoms with Crippen LogP contribution in [0.2, 0.25) is 0 Å². The molecular weight excluding hydrogens is 162 g/mol. The molecule has 2 saturated heterocycles. The number of carbonyl (C=O) groups excluding carboxylic acids is 1. The minimum Gasteiger partial charge on any atom is -0.444 e. The van der Waals surface area contributed by atoms with Gasteiger partial charge < -0.3 is 10.1 Å². The molecule has 0 radical (unpaired) electrons. The largest absolute Gasteiger partial charge is 0.444 e. The zero-order chi connectivity index (χ0) is 7.68. The van der Waals surface area contributed by atoms with Gasteiger partial charge in [0.05, 0.1) is 6.54 Å². The van der Waals surface area contributed by atoms with Crippen molar-refractivity contribution in [2.75, 3.05) is 18.1 Å². The van der Waals surface area contributed by atoms with E-state index in [1.165, 1.54) is 12.2 Å². The number of amides is 1. The Morgan fingerprint density at radius 3 is 3.09 bits per heavy atom. The van der Waals surface area contributed by atoms with Crippen molar-refractivity contribution < 1.29 is 9.53 Å². The van der Waals surface area contributed by atoms with Crippen LogP contribution in [0.5, 0.6) is 0 Å². The summed E-state index contributed by atoms with van der Waals surface area (Å²) >= 11 is 1.95. The molecule has 2 heterocycles. The molecule has 2 aliphatic rings. The van der Waals surface area contributed by atoms with E-state index in [1.54, 1.807) is 0 Å². The Bertz CT molecular complexity index is 168. The van der Waals surface area contributed by atoms with Crippen LogP contribution in [-0.2, 0) is 4.74 Å². The van der Waals surface area contributed by atoms with E-state index in [9.17, 15) is 4.79 Å². The van der Waals surface area contributed by atoms with Gasteiger partial charge in [-0.15, -0.1) is 0 Å². The van der Waals surface area contributed by atoms with Gasteiger partial charge in [0.25, 0.3) is 0 Å². The van der Waals surface area contributed by atoms with Crippen LogP contribution in [-0.4, -0.2) is 30.2 Å². The van der Waals surface area contributed by atoms with Crippen LogP contribution < -0.4 is 5.32 Å². The first-order chi connectivity index (χ1) is 5.36. The lowest BCUT2D eigenvalue weighted by molar-refractivity contribution is 0.112. The fraction of sp³-hybridized carbons (Fsp3) is 0.857. The molecule has 4 heteroatoms. The highest BCUT2D eigenvalue weighted by molar-refractivity contribution is 7.99. The van der Waals surface area contributed by atoms with Gasteiger partial charge in [-0.05, 0) is 17.9 Å². The molecule has 0 saturated carbocycles. The van der Waals surface area contributed by atoms with Crippen LogP contribution in [0.4, 0.5) is 4.79 Å². The zero-order valence-corrected chi connectivity index (χ0v) is 7.02. The molecule has 0 aromatic rings. The van der Waals surface area contributed by atoms with E-state index in [2.05, 4.69) is 5.32 Å². The lowest BCUT2D eigenvalue weighted by Crippen LogP contribution is -2.24. The predicted octanol–water partition coefficient (Wildman–Crippen LogP) is 0.848. The lowest BCUT2D eigenvalue weighted by atomic mass is 10.0. The van der Waals surface area contributed by atoms with Crippen LogP contribution in [0.25, 0.3) is 0 Å². The van der Waals surface area contributed by atoms with Gasteiger partial charge in [0.1, 0.15) is 6.10 Å². The van der Waals surface area contributed by atoms with Crippen molar-refractivity contribution >= 4 is 17.9 Å². The Kier molecular flexibility index (Phi) is 1.94. The Hall–Kier alpha value is -0.380. The molecule has 0 spiro atoms. The maximum absolute atomic E-state index is 10.7. The summed E-state index contributed by atoms with van der Waals surface area (Å²) < 4.78 is 5.08. The normalized spacial score (nSPS) is 36.9. The lowest BCUT2D eigenvalue weighted by Gasteiger charge is -2.13. The molecule has 2 atom stereocenters. The van der Waals surface area contributed by atoms with Crippen molar-refractivity contribution in [3.63, 3.8) is 0 Å². The fourth-order valence-corrected chi connectivity index (χ4v) is 2.83. The van der Waals surface area contributed by atoms with E-state index in [0.717, 1.165) is 5.75 Å². The van der Waals surface area contributed by atoms with Crippen molar-refractivity contribution in [2.45, 2.75) is 12.5 Å². The van der Waals surface area contributed by atoms with Crippen molar-refractivity contribution in [1.82, 2.24) is 5.32 Å².